The Morgan fingerprint density at radius 1 is 0.812 bits per heavy atom. The standard InChI is InChI=1S/C26H26N4O2/c31-25(19-6-2-1-3-7-19)27-23-14-15-29(18-23)24-12-10-22(11-13-24)28-26(32)30-16-20-8-4-5-9-21(20)17-30/h1-13,23H,14-18H2,(H,27,31)(H,28,32). The lowest BCUT2D eigenvalue weighted by atomic mass is 10.1. The van der Waals surface area contributed by atoms with Gasteiger partial charge < -0.3 is 20.4 Å². The molecule has 6 heteroatoms. The summed E-state index contributed by atoms with van der Waals surface area (Å²) in [6, 6.07) is 25.4. The minimum atomic E-state index is -0.0844. The summed E-state index contributed by atoms with van der Waals surface area (Å²) >= 11 is 0. The van der Waals surface area contributed by atoms with Crippen LogP contribution in [0.5, 0.6) is 0 Å². The molecule has 1 unspecified atom stereocenters. The van der Waals surface area contributed by atoms with Gasteiger partial charge >= 0.3 is 6.03 Å². The monoisotopic (exact) mass is 426 g/mol. The zero-order valence-corrected chi connectivity index (χ0v) is 17.8. The third kappa shape index (κ3) is 4.30. The number of urea groups is 1. The average Bonchev–Trinajstić information content (AvgIpc) is 3.47. The third-order valence-corrected chi connectivity index (χ3v) is 6.17. The van der Waals surface area contributed by atoms with E-state index in [1.807, 2.05) is 71.6 Å². The molecule has 2 aliphatic heterocycles. The van der Waals surface area contributed by atoms with E-state index in [2.05, 4.69) is 27.7 Å². The Balaban J connectivity index is 1.14. The zero-order chi connectivity index (χ0) is 21.9. The van der Waals surface area contributed by atoms with E-state index in [1.54, 1.807) is 0 Å². The summed E-state index contributed by atoms with van der Waals surface area (Å²) in [6.45, 7) is 2.95. The van der Waals surface area contributed by atoms with Gasteiger partial charge in [-0.15, -0.1) is 0 Å². The summed E-state index contributed by atoms with van der Waals surface area (Å²) in [5, 5.41) is 6.13. The van der Waals surface area contributed by atoms with Crippen LogP contribution in [0.15, 0.2) is 78.9 Å². The summed E-state index contributed by atoms with van der Waals surface area (Å²) in [4.78, 5) is 29.1. The minimum Gasteiger partial charge on any atom is -0.369 e. The molecule has 0 aliphatic carbocycles. The van der Waals surface area contributed by atoms with Crippen LogP contribution >= 0.6 is 0 Å². The molecule has 162 valence electrons. The lowest BCUT2D eigenvalue weighted by Gasteiger charge is -2.20. The number of amides is 3. The van der Waals surface area contributed by atoms with E-state index < -0.39 is 0 Å². The van der Waals surface area contributed by atoms with E-state index in [0.29, 0.717) is 18.7 Å². The van der Waals surface area contributed by atoms with Crippen molar-refractivity contribution in [3.05, 3.63) is 95.6 Å². The quantitative estimate of drug-likeness (QED) is 0.656. The predicted molar refractivity (Wildman–Crippen MR) is 126 cm³/mol. The number of carbonyl (C=O) groups excluding carboxylic acids is 2. The average molecular weight is 427 g/mol. The molecule has 0 radical (unpaired) electrons. The molecule has 2 heterocycles. The first kappa shape index (κ1) is 20.1. The SMILES string of the molecule is O=C(NC1CCN(c2ccc(NC(=O)N3Cc4ccccc4C3)cc2)C1)c1ccccc1. The molecule has 0 bridgehead atoms. The number of anilines is 2. The number of carbonyl (C=O) groups is 2. The van der Waals surface area contributed by atoms with Crippen LogP contribution in [0.1, 0.15) is 27.9 Å². The Hall–Kier alpha value is -3.80. The van der Waals surface area contributed by atoms with E-state index in [9.17, 15) is 9.59 Å². The van der Waals surface area contributed by atoms with Crippen molar-refractivity contribution < 1.29 is 9.59 Å². The van der Waals surface area contributed by atoms with E-state index >= 15 is 0 Å². The molecule has 0 spiro atoms. The fourth-order valence-corrected chi connectivity index (χ4v) is 4.41. The topological polar surface area (TPSA) is 64.7 Å². The Bertz CT molecular complexity index is 1090. The highest BCUT2D eigenvalue weighted by atomic mass is 16.2. The molecule has 3 aromatic rings. The van der Waals surface area contributed by atoms with Crippen LogP contribution in [-0.4, -0.2) is 36.0 Å². The highest BCUT2D eigenvalue weighted by Gasteiger charge is 2.25. The third-order valence-electron chi connectivity index (χ3n) is 6.17. The van der Waals surface area contributed by atoms with Gasteiger partial charge in [-0.25, -0.2) is 4.79 Å². The maximum absolute atomic E-state index is 12.7. The van der Waals surface area contributed by atoms with Gasteiger partial charge in [-0.2, -0.15) is 0 Å². The lowest BCUT2D eigenvalue weighted by Crippen LogP contribution is -2.37. The van der Waals surface area contributed by atoms with Crippen molar-refractivity contribution in [3.8, 4) is 0 Å². The Morgan fingerprint density at radius 3 is 2.16 bits per heavy atom. The molecular weight excluding hydrogens is 400 g/mol. The van der Waals surface area contributed by atoms with Crippen molar-refractivity contribution in [2.45, 2.75) is 25.6 Å². The van der Waals surface area contributed by atoms with Crippen LogP contribution in [0.3, 0.4) is 0 Å². The largest absolute Gasteiger partial charge is 0.369 e. The van der Waals surface area contributed by atoms with Gasteiger partial charge in [0.25, 0.3) is 5.91 Å². The fraction of sp³-hybridized carbons (Fsp3) is 0.231. The van der Waals surface area contributed by atoms with Gasteiger partial charge in [0.1, 0.15) is 0 Å². The van der Waals surface area contributed by atoms with Gasteiger partial charge in [0, 0.05) is 49.2 Å². The van der Waals surface area contributed by atoms with Gasteiger partial charge in [0.15, 0.2) is 0 Å². The molecule has 3 amide bonds. The summed E-state index contributed by atoms with van der Waals surface area (Å²) < 4.78 is 0. The van der Waals surface area contributed by atoms with Crippen LogP contribution in [-0.2, 0) is 13.1 Å². The number of nitrogens with one attached hydrogen (secondary N) is 2. The van der Waals surface area contributed by atoms with Gasteiger partial charge in [-0.3, -0.25) is 4.79 Å². The van der Waals surface area contributed by atoms with Crippen LogP contribution in [0, 0.1) is 0 Å². The van der Waals surface area contributed by atoms with Gasteiger partial charge in [0.05, 0.1) is 0 Å². The number of benzene rings is 3. The maximum atomic E-state index is 12.7. The normalized spacial score (nSPS) is 17.2. The minimum absolute atomic E-state index is 0.0282. The predicted octanol–water partition coefficient (Wildman–Crippen LogP) is 4.24. The molecular formula is C26H26N4O2. The number of hydrogen-bond donors (Lipinski definition) is 2. The number of hydrogen-bond acceptors (Lipinski definition) is 3. The molecule has 1 atom stereocenters. The number of fused-ring (bicyclic) bond motifs is 1. The van der Waals surface area contributed by atoms with E-state index in [0.717, 1.165) is 30.9 Å². The molecule has 3 aromatic carbocycles. The highest BCUT2D eigenvalue weighted by Crippen LogP contribution is 2.25. The Kier molecular flexibility index (Phi) is 5.50. The maximum Gasteiger partial charge on any atom is 0.322 e. The molecule has 2 aliphatic rings. The van der Waals surface area contributed by atoms with Crippen molar-refractivity contribution in [1.29, 1.82) is 0 Å². The summed E-state index contributed by atoms with van der Waals surface area (Å²) in [6.07, 6.45) is 0.909. The van der Waals surface area contributed by atoms with E-state index in [1.165, 1.54) is 11.1 Å². The van der Waals surface area contributed by atoms with Crippen molar-refractivity contribution in [3.63, 3.8) is 0 Å². The molecule has 1 fully saturated rings. The zero-order valence-electron chi connectivity index (χ0n) is 17.8. The molecule has 0 aromatic heterocycles. The molecule has 2 N–H and O–H groups in total. The second kappa shape index (κ2) is 8.75. The first-order valence-corrected chi connectivity index (χ1v) is 11.0. The van der Waals surface area contributed by atoms with Gasteiger partial charge in [-0.05, 0) is 53.9 Å². The van der Waals surface area contributed by atoms with Crippen molar-refractivity contribution >= 4 is 23.3 Å². The second-order valence-electron chi connectivity index (χ2n) is 8.37. The van der Waals surface area contributed by atoms with Crippen LogP contribution in [0.4, 0.5) is 16.2 Å². The van der Waals surface area contributed by atoms with Crippen LogP contribution in [0.25, 0.3) is 0 Å². The smallest absolute Gasteiger partial charge is 0.322 e. The molecule has 5 rings (SSSR count). The highest BCUT2D eigenvalue weighted by molar-refractivity contribution is 5.94. The summed E-state index contributed by atoms with van der Waals surface area (Å²) in [5.41, 5.74) is 4.98. The van der Waals surface area contributed by atoms with Crippen molar-refractivity contribution in [2.24, 2.45) is 0 Å². The Morgan fingerprint density at radius 2 is 1.47 bits per heavy atom. The number of rotatable bonds is 4. The molecule has 32 heavy (non-hydrogen) atoms. The van der Waals surface area contributed by atoms with Gasteiger partial charge in [0.2, 0.25) is 0 Å². The fourth-order valence-electron chi connectivity index (χ4n) is 4.41. The van der Waals surface area contributed by atoms with Gasteiger partial charge in [-0.1, -0.05) is 42.5 Å². The van der Waals surface area contributed by atoms with E-state index in [4.69, 9.17) is 0 Å². The van der Waals surface area contributed by atoms with Crippen molar-refractivity contribution in [2.75, 3.05) is 23.3 Å². The first-order chi connectivity index (χ1) is 15.7. The van der Waals surface area contributed by atoms with Crippen molar-refractivity contribution in [1.82, 2.24) is 10.2 Å². The second-order valence-corrected chi connectivity index (χ2v) is 8.37. The molecule has 6 nitrogen and oxygen atoms in total. The molecule has 1 saturated heterocycles. The number of nitrogens with zero attached hydrogens (tertiary/aromatic N) is 2. The summed E-state index contributed by atoms with van der Waals surface area (Å²) in [5.74, 6) is -0.0282. The first-order valence-electron chi connectivity index (χ1n) is 11.0. The lowest BCUT2D eigenvalue weighted by molar-refractivity contribution is 0.0940. The summed E-state index contributed by atoms with van der Waals surface area (Å²) in [7, 11) is 0. The van der Waals surface area contributed by atoms with E-state index in [-0.39, 0.29) is 18.0 Å². The molecule has 0 saturated carbocycles. The van der Waals surface area contributed by atoms with Crippen LogP contribution in [0.2, 0.25) is 0 Å². The van der Waals surface area contributed by atoms with Crippen LogP contribution < -0.4 is 15.5 Å². The Labute approximate surface area is 187 Å².